The monoisotopic (exact) mass is 249 g/mol. The average Bonchev–Trinajstić information content (AvgIpc) is 2.67. The van der Waals surface area contributed by atoms with Crippen molar-refractivity contribution in [3.05, 3.63) is 45.5 Å². The maximum Gasteiger partial charge on any atom is 0.406 e. The Bertz CT molecular complexity index is 560. The number of nitro groups is 1. The van der Waals surface area contributed by atoms with Gasteiger partial charge in [-0.05, 0) is 35.9 Å². The lowest BCUT2D eigenvalue weighted by molar-refractivity contribution is -0.390. The van der Waals surface area contributed by atoms with E-state index < -0.39 is 4.92 Å². The van der Waals surface area contributed by atoms with Gasteiger partial charge in [0.25, 0.3) is 0 Å². The normalized spacial score (nSPS) is 10.3. The van der Waals surface area contributed by atoms with Crippen molar-refractivity contribution in [3.63, 3.8) is 0 Å². The summed E-state index contributed by atoms with van der Waals surface area (Å²) in [6.45, 7) is 3.71. The number of ether oxygens (including phenoxy) is 1. The van der Waals surface area contributed by atoms with Gasteiger partial charge in [0.05, 0.1) is 11.3 Å². The first-order valence-electron chi connectivity index (χ1n) is 5.23. The van der Waals surface area contributed by atoms with Crippen molar-refractivity contribution in [1.29, 1.82) is 0 Å². The van der Waals surface area contributed by atoms with Gasteiger partial charge < -0.3 is 19.4 Å². The highest BCUT2D eigenvalue weighted by Gasteiger charge is 2.17. The summed E-state index contributed by atoms with van der Waals surface area (Å²) in [7, 11) is 0. The van der Waals surface area contributed by atoms with Crippen molar-refractivity contribution in [1.82, 2.24) is 10.1 Å². The molecular weight excluding hydrogens is 238 g/mol. The van der Waals surface area contributed by atoms with E-state index in [1.807, 2.05) is 0 Å². The molecule has 7 nitrogen and oxygen atoms in total. The van der Waals surface area contributed by atoms with E-state index >= 15 is 0 Å². The highest BCUT2D eigenvalue weighted by molar-refractivity contribution is 5.38. The minimum absolute atomic E-state index is 0.127. The highest BCUT2D eigenvalue weighted by atomic mass is 16.6. The van der Waals surface area contributed by atoms with Crippen molar-refractivity contribution in [2.24, 2.45) is 0 Å². The average molecular weight is 249 g/mol. The number of pyridine rings is 1. The molecule has 0 fully saturated rings. The third-order valence-corrected chi connectivity index (χ3v) is 2.48. The molecule has 2 heterocycles. The number of rotatable bonds is 4. The highest BCUT2D eigenvalue weighted by Crippen LogP contribution is 2.24. The van der Waals surface area contributed by atoms with Crippen LogP contribution in [0.4, 0.5) is 5.82 Å². The van der Waals surface area contributed by atoms with Crippen molar-refractivity contribution < 1.29 is 14.2 Å². The molecule has 0 radical (unpaired) electrons. The fraction of sp³-hybridized carbons (Fsp3) is 0.273. The van der Waals surface area contributed by atoms with Crippen LogP contribution in [0, 0.1) is 24.0 Å². The predicted molar refractivity (Wildman–Crippen MR) is 61.2 cm³/mol. The molecule has 94 valence electrons. The van der Waals surface area contributed by atoms with Gasteiger partial charge in [-0.25, -0.2) is 0 Å². The summed E-state index contributed by atoms with van der Waals surface area (Å²) in [4.78, 5) is 13.8. The molecule has 0 saturated carbocycles. The maximum atomic E-state index is 10.7. The summed E-state index contributed by atoms with van der Waals surface area (Å²) in [5, 5.41) is 14.5. The summed E-state index contributed by atoms with van der Waals surface area (Å²) in [6.07, 6.45) is 1.35. The first-order valence-corrected chi connectivity index (χ1v) is 5.23. The van der Waals surface area contributed by atoms with Crippen LogP contribution >= 0.6 is 0 Å². The van der Waals surface area contributed by atoms with Crippen LogP contribution in [0.1, 0.15) is 17.0 Å². The van der Waals surface area contributed by atoms with Crippen molar-refractivity contribution in [2.75, 3.05) is 0 Å². The minimum atomic E-state index is -0.581. The van der Waals surface area contributed by atoms with E-state index in [-0.39, 0.29) is 18.2 Å². The maximum absolute atomic E-state index is 10.7. The van der Waals surface area contributed by atoms with E-state index in [4.69, 9.17) is 9.26 Å². The van der Waals surface area contributed by atoms with Crippen LogP contribution in [0.2, 0.25) is 0 Å². The Morgan fingerprint density at radius 2 is 2.28 bits per heavy atom. The van der Waals surface area contributed by atoms with Gasteiger partial charge in [0.15, 0.2) is 0 Å². The van der Waals surface area contributed by atoms with Crippen LogP contribution in [-0.2, 0) is 6.61 Å². The first kappa shape index (κ1) is 12.0. The van der Waals surface area contributed by atoms with E-state index in [1.165, 1.54) is 12.3 Å². The standard InChI is InChI=1S/C11H11N3O4/c1-7-9(8(2)18-13-7)6-17-10-4-3-5-12-11(10)14(15)16/h3-5H,6H2,1-2H3. The van der Waals surface area contributed by atoms with Gasteiger partial charge >= 0.3 is 5.82 Å². The molecule has 0 atom stereocenters. The predicted octanol–water partition coefficient (Wildman–Crippen LogP) is 2.17. The lowest BCUT2D eigenvalue weighted by atomic mass is 10.2. The second-order valence-electron chi connectivity index (χ2n) is 3.67. The third-order valence-electron chi connectivity index (χ3n) is 2.48. The summed E-state index contributed by atoms with van der Waals surface area (Å²) < 4.78 is 10.4. The molecule has 7 heteroatoms. The fourth-order valence-electron chi connectivity index (χ4n) is 1.49. The van der Waals surface area contributed by atoms with E-state index in [0.717, 1.165) is 5.56 Å². The zero-order chi connectivity index (χ0) is 13.1. The number of aryl methyl sites for hydroxylation is 2. The van der Waals surface area contributed by atoms with E-state index in [0.29, 0.717) is 11.5 Å². The summed E-state index contributed by atoms with van der Waals surface area (Å²) in [5.41, 5.74) is 1.49. The molecule has 18 heavy (non-hydrogen) atoms. The van der Waals surface area contributed by atoms with Crippen molar-refractivity contribution in [2.45, 2.75) is 20.5 Å². The van der Waals surface area contributed by atoms with Gasteiger partial charge in [-0.3, -0.25) is 0 Å². The third kappa shape index (κ3) is 2.29. The molecule has 2 rings (SSSR count). The topological polar surface area (TPSA) is 91.3 Å². The lowest BCUT2D eigenvalue weighted by Gasteiger charge is -2.05. The Hall–Kier alpha value is -2.44. The lowest BCUT2D eigenvalue weighted by Crippen LogP contribution is -2.01. The Morgan fingerprint density at radius 3 is 2.89 bits per heavy atom. The van der Waals surface area contributed by atoms with Gasteiger partial charge in [0, 0.05) is 0 Å². The molecule has 2 aromatic heterocycles. The van der Waals surface area contributed by atoms with Gasteiger partial charge in [0.2, 0.25) is 5.75 Å². The number of nitrogens with zero attached hydrogens (tertiary/aromatic N) is 3. The van der Waals surface area contributed by atoms with Crippen LogP contribution in [0.3, 0.4) is 0 Å². The Morgan fingerprint density at radius 1 is 1.50 bits per heavy atom. The molecular formula is C11H11N3O4. The number of hydrogen-bond donors (Lipinski definition) is 0. The molecule has 0 aliphatic carbocycles. The zero-order valence-electron chi connectivity index (χ0n) is 9.91. The largest absolute Gasteiger partial charge is 0.481 e. The van der Waals surface area contributed by atoms with Crippen LogP contribution in [-0.4, -0.2) is 15.1 Å². The molecule has 0 saturated heterocycles. The van der Waals surface area contributed by atoms with Gasteiger partial charge in [-0.1, -0.05) is 5.16 Å². The van der Waals surface area contributed by atoms with E-state index in [2.05, 4.69) is 10.1 Å². The quantitative estimate of drug-likeness (QED) is 0.609. The number of hydrogen-bond acceptors (Lipinski definition) is 6. The summed E-state index contributed by atoms with van der Waals surface area (Å²) in [5.74, 6) is 0.464. The molecule has 0 aliphatic rings. The van der Waals surface area contributed by atoms with Crippen molar-refractivity contribution >= 4 is 5.82 Å². The molecule has 0 aromatic carbocycles. The summed E-state index contributed by atoms with van der Waals surface area (Å²) in [6, 6.07) is 3.08. The molecule has 0 aliphatic heterocycles. The zero-order valence-corrected chi connectivity index (χ0v) is 9.91. The smallest absolute Gasteiger partial charge is 0.406 e. The first-order chi connectivity index (χ1) is 8.59. The minimum Gasteiger partial charge on any atom is -0.481 e. The SMILES string of the molecule is Cc1noc(C)c1COc1cccnc1[N+](=O)[O-]. The van der Waals surface area contributed by atoms with Crippen LogP contribution in [0.15, 0.2) is 22.9 Å². The van der Waals surface area contributed by atoms with Crippen LogP contribution < -0.4 is 4.74 Å². The van der Waals surface area contributed by atoms with Crippen molar-refractivity contribution in [3.8, 4) is 5.75 Å². The van der Waals surface area contributed by atoms with E-state index in [9.17, 15) is 10.1 Å². The van der Waals surface area contributed by atoms with Gasteiger partial charge in [0.1, 0.15) is 18.6 Å². The Kier molecular flexibility index (Phi) is 3.22. The Balaban J connectivity index is 2.18. The fourth-order valence-corrected chi connectivity index (χ4v) is 1.49. The Labute approximate surface area is 103 Å². The van der Waals surface area contributed by atoms with Gasteiger partial charge in [-0.2, -0.15) is 0 Å². The molecule has 0 bridgehead atoms. The molecule has 0 unspecified atom stereocenters. The second-order valence-corrected chi connectivity index (χ2v) is 3.67. The molecule has 2 aromatic rings. The molecule has 0 N–H and O–H groups in total. The summed E-state index contributed by atoms with van der Waals surface area (Å²) >= 11 is 0. The number of aromatic nitrogens is 2. The van der Waals surface area contributed by atoms with Gasteiger partial charge in [-0.15, -0.1) is 0 Å². The molecule has 0 spiro atoms. The molecule has 0 amide bonds. The van der Waals surface area contributed by atoms with Crippen LogP contribution in [0.5, 0.6) is 5.75 Å². The van der Waals surface area contributed by atoms with Crippen LogP contribution in [0.25, 0.3) is 0 Å². The second kappa shape index (κ2) is 4.82. The van der Waals surface area contributed by atoms with E-state index in [1.54, 1.807) is 19.9 Å².